The van der Waals surface area contributed by atoms with Crippen LogP contribution in [0.15, 0.2) is 60.7 Å². The third-order valence-corrected chi connectivity index (χ3v) is 5.25. The fraction of sp³-hybridized carbons (Fsp3) is 0.217. The third kappa shape index (κ3) is 4.37. The normalized spacial score (nSPS) is 13.7. The van der Waals surface area contributed by atoms with Crippen molar-refractivity contribution in [3.05, 3.63) is 66.2 Å². The van der Waals surface area contributed by atoms with Crippen molar-refractivity contribution in [1.82, 2.24) is 5.32 Å². The summed E-state index contributed by atoms with van der Waals surface area (Å²) in [6.45, 7) is 3.01. The molecule has 3 aromatic rings. The molecule has 0 unspecified atom stereocenters. The number of morpholine rings is 1. The standard InChI is InChI=1S/C23H23N3O3S/c1-28-21-15-17-7-3-2-6-16(17)14-18(21)22(27)25-23(30)24-19-8-4-5-9-20(19)26-10-12-29-13-11-26/h2-9,14-15H,10-13H2,1H3,(H2,24,25,27,30). The Kier molecular flexibility index (Phi) is 6.11. The summed E-state index contributed by atoms with van der Waals surface area (Å²) in [6.07, 6.45) is 0. The van der Waals surface area contributed by atoms with Crippen molar-refractivity contribution >= 4 is 45.4 Å². The van der Waals surface area contributed by atoms with E-state index in [0.29, 0.717) is 24.5 Å². The SMILES string of the molecule is COc1cc2ccccc2cc1C(=O)NC(=S)Nc1ccccc1N1CCOCC1. The first-order valence-electron chi connectivity index (χ1n) is 9.76. The quantitative estimate of drug-likeness (QED) is 0.625. The number of thiocarbonyl (C=S) groups is 1. The second kappa shape index (κ2) is 9.11. The van der Waals surface area contributed by atoms with E-state index in [1.54, 1.807) is 7.11 Å². The second-order valence-electron chi connectivity index (χ2n) is 6.92. The van der Waals surface area contributed by atoms with Gasteiger partial charge < -0.3 is 19.7 Å². The fourth-order valence-corrected chi connectivity index (χ4v) is 3.75. The Morgan fingerprint density at radius 2 is 1.70 bits per heavy atom. The van der Waals surface area contributed by atoms with E-state index in [4.69, 9.17) is 21.7 Å². The molecular weight excluding hydrogens is 398 g/mol. The maximum atomic E-state index is 12.9. The van der Waals surface area contributed by atoms with E-state index < -0.39 is 0 Å². The number of benzene rings is 3. The van der Waals surface area contributed by atoms with Gasteiger partial charge in [-0.15, -0.1) is 0 Å². The lowest BCUT2D eigenvalue weighted by Crippen LogP contribution is -2.38. The molecule has 3 aromatic carbocycles. The number of carbonyl (C=O) groups excluding carboxylic acids is 1. The van der Waals surface area contributed by atoms with Crippen molar-refractivity contribution in [2.24, 2.45) is 0 Å². The number of hydrogen-bond acceptors (Lipinski definition) is 5. The van der Waals surface area contributed by atoms with E-state index in [1.165, 1.54) is 0 Å². The number of fused-ring (bicyclic) bond motifs is 1. The number of ether oxygens (including phenoxy) is 2. The van der Waals surface area contributed by atoms with Gasteiger partial charge in [0.05, 0.1) is 37.3 Å². The highest BCUT2D eigenvalue weighted by Gasteiger charge is 2.18. The molecule has 0 spiro atoms. The fourth-order valence-electron chi connectivity index (χ4n) is 3.55. The second-order valence-corrected chi connectivity index (χ2v) is 7.33. The Bertz CT molecular complexity index is 1080. The van der Waals surface area contributed by atoms with Crippen LogP contribution in [0.1, 0.15) is 10.4 Å². The van der Waals surface area contributed by atoms with E-state index in [0.717, 1.165) is 35.2 Å². The lowest BCUT2D eigenvalue weighted by atomic mass is 10.1. The van der Waals surface area contributed by atoms with Gasteiger partial charge in [0.2, 0.25) is 0 Å². The number of hydrogen-bond donors (Lipinski definition) is 2. The first kappa shape index (κ1) is 20.1. The zero-order valence-corrected chi connectivity index (χ0v) is 17.5. The number of rotatable bonds is 4. The van der Waals surface area contributed by atoms with Crippen LogP contribution < -0.4 is 20.3 Å². The summed E-state index contributed by atoms with van der Waals surface area (Å²) in [5.74, 6) is 0.182. The Balaban J connectivity index is 1.51. The molecule has 1 aliphatic heterocycles. The van der Waals surface area contributed by atoms with Crippen LogP contribution in [0, 0.1) is 0 Å². The smallest absolute Gasteiger partial charge is 0.261 e. The summed E-state index contributed by atoms with van der Waals surface area (Å²) in [5, 5.41) is 8.13. The number of anilines is 2. The van der Waals surface area contributed by atoms with Gasteiger partial charge in [-0.2, -0.15) is 0 Å². The molecule has 1 saturated heterocycles. The topological polar surface area (TPSA) is 62.8 Å². The van der Waals surface area contributed by atoms with Gasteiger partial charge in [0.1, 0.15) is 5.75 Å². The summed E-state index contributed by atoms with van der Waals surface area (Å²) in [5.41, 5.74) is 2.30. The molecule has 154 valence electrons. The molecule has 4 rings (SSSR count). The number of nitrogens with one attached hydrogen (secondary N) is 2. The van der Waals surface area contributed by atoms with Crippen molar-refractivity contribution < 1.29 is 14.3 Å². The molecule has 1 heterocycles. The van der Waals surface area contributed by atoms with Crippen LogP contribution in [-0.2, 0) is 4.74 Å². The van der Waals surface area contributed by atoms with Crippen LogP contribution in [0.5, 0.6) is 5.75 Å². The van der Waals surface area contributed by atoms with Crippen LogP contribution in [0.25, 0.3) is 10.8 Å². The van der Waals surface area contributed by atoms with Crippen LogP contribution in [-0.4, -0.2) is 44.4 Å². The molecule has 2 N–H and O–H groups in total. The zero-order chi connectivity index (χ0) is 20.9. The number of methoxy groups -OCH3 is 1. The van der Waals surface area contributed by atoms with Crippen LogP contribution in [0.2, 0.25) is 0 Å². The van der Waals surface area contributed by atoms with Gasteiger partial charge in [0, 0.05) is 13.1 Å². The number of amides is 1. The summed E-state index contributed by atoms with van der Waals surface area (Å²) in [6, 6.07) is 19.4. The minimum atomic E-state index is -0.320. The molecule has 0 atom stereocenters. The van der Waals surface area contributed by atoms with Gasteiger partial charge in [-0.1, -0.05) is 36.4 Å². The summed E-state index contributed by atoms with van der Waals surface area (Å²) in [4.78, 5) is 15.1. The minimum Gasteiger partial charge on any atom is -0.496 e. The molecule has 6 nitrogen and oxygen atoms in total. The molecule has 0 saturated carbocycles. The molecule has 0 bridgehead atoms. The molecule has 1 aliphatic rings. The molecule has 0 aromatic heterocycles. The van der Waals surface area contributed by atoms with Gasteiger partial charge >= 0.3 is 0 Å². The predicted molar refractivity (Wildman–Crippen MR) is 124 cm³/mol. The molecular formula is C23H23N3O3S. The maximum absolute atomic E-state index is 12.9. The molecule has 1 fully saturated rings. The highest BCUT2D eigenvalue weighted by molar-refractivity contribution is 7.80. The van der Waals surface area contributed by atoms with Gasteiger partial charge in [-0.25, -0.2) is 0 Å². The van der Waals surface area contributed by atoms with Crippen molar-refractivity contribution in [2.75, 3.05) is 43.6 Å². The Labute approximate surface area is 180 Å². The van der Waals surface area contributed by atoms with Crippen molar-refractivity contribution in [3.63, 3.8) is 0 Å². The maximum Gasteiger partial charge on any atom is 0.261 e. The van der Waals surface area contributed by atoms with Gasteiger partial charge in [0.15, 0.2) is 5.11 Å². The minimum absolute atomic E-state index is 0.232. The average molecular weight is 422 g/mol. The molecule has 0 radical (unpaired) electrons. The molecule has 0 aliphatic carbocycles. The first-order chi connectivity index (χ1) is 14.7. The Morgan fingerprint density at radius 1 is 1.03 bits per heavy atom. The lowest BCUT2D eigenvalue weighted by molar-refractivity contribution is 0.0975. The highest BCUT2D eigenvalue weighted by Crippen LogP contribution is 2.27. The van der Waals surface area contributed by atoms with Crippen molar-refractivity contribution in [2.45, 2.75) is 0 Å². The highest BCUT2D eigenvalue weighted by atomic mass is 32.1. The van der Waals surface area contributed by atoms with E-state index in [1.807, 2.05) is 60.7 Å². The summed E-state index contributed by atoms with van der Waals surface area (Å²) < 4.78 is 10.9. The molecule has 1 amide bonds. The van der Waals surface area contributed by atoms with Crippen molar-refractivity contribution in [1.29, 1.82) is 0 Å². The van der Waals surface area contributed by atoms with Crippen LogP contribution in [0.4, 0.5) is 11.4 Å². The average Bonchev–Trinajstić information content (AvgIpc) is 2.79. The summed E-state index contributed by atoms with van der Waals surface area (Å²) >= 11 is 5.42. The van der Waals surface area contributed by atoms with Gasteiger partial charge in [-0.3, -0.25) is 10.1 Å². The van der Waals surface area contributed by atoms with Crippen LogP contribution in [0.3, 0.4) is 0 Å². The Hall–Kier alpha value is -3.16. The van der Waals surface area contributed by atoms with Crippen LogP contribution >= 0.6 is 12.2 Å². The zero-order valence-electron chi connectivity index (χ0n) is 16.7. The number of carbonyl (C=O) groups is 1. The monoisotopic (exact) mass is 421 g/mol. The van der Waals surface area contributed by atoms with E-state index in [2.05, 4.69) is 15.5 Å². The predicted octanol–water partition coefficient (Wildman–Crippen LogP) is 3.81. The van der Waals surface area contributed by atoms with Crippen molar-refractivity contribution in [3.8, 4) is 5.75 Å². The third-order valence-electron chi connectivity index (χ3n) is 5.04. The number of para-hydroxylation sites is 2. The molecule has 7 heteroatoms. The van der Waals surface area contributed by atoms with Gasteiger partial charge in [0.25, 0.3) is 5.91 Å². The number of nitrogens with zero attached hydrogens (tertiary/aromatic N) is 1. The largest absolute Gasteiger partial charge is 0.496 e. The lowest BCUT2D eigenvalue weighted by Gasteiger charge is -2.30. The van der Waals surface area contributed by atoms with Gasteiger partial charge in [-0.05, 0) is 47.3 Å². The van der Waals surface area contributed by atoms with E-state index in [9.17, 15) is 4.79 Å². The molecule has 30 heavy (non-hydrogen) atoms. The Morgan fingerprint density at radius 3 is 2.43 bits per heavy atom. The summed E-state index contributed by atoms with van der Waals surface area (Å²) in [7, 11) is 1.55. The van der Waals surface area contributed by atoms with E-state index in [-0.39, 0.29) is 11.0 Å². The van der Waals surface area contributed by atoms with E-state index >= 15 is 0 Å². The first-order valence-corrected chi connectivity index (χ1v) is 10.2.